The maximum atomic E-state index is 11.7. The van der Waals surface area contributed by atoms with Gasteiger partial charge in [-0.25, -0.2) is 9.59 Å². The van der Waals surface area contributed by atoms with E-state index in [1.54, 1.807) is 0 Å². The molecule has 0 rings (SSSR count). The molecule has 100 valence electrons. The van der Waals surface area contributed by atoms with Gasteiger partial charge in [0.05, 0.1) is 0 Å². The first kappa shape index (κ1) is 15.7. The van der Waals surface area contributed by atoms with E-state index in [0.29, 0.717) is 32.4 Å². The van der Waals surface area contributed by atoms with Crippen molar-refractivity contribution in [3.05, 3.63) is 0 Å². The summed E-state index contributed by atoms with van der Waals surface area (Å²) in [6, 6.07) is -1.22. The van der Waals surface area contributed by atoms with Gasteiger partial charge < -0.3 is 20.4 Å². The zero-order valence-electron chi connectivity index (χ0n) is 10.5. The van der Waals surface area contributed by atoms with Crippen molar-refractivity contribution in [1.29, 1.82) is 0 Å². The van der Waals surface area contributed by atoms with Gasteiger partial charge in [-0.15, -0.1) is 0 Å². The second-order valence-corrected chi connectivity index (χ2v) is 3.79. The summed E-state index contributed by atoms with van der Waals surface area (Å²) in [5.74, 6) is -1.02. The number of carboxylic acid groups (broad SMARTS) is 1. The van der Waals surface area contributed by atoms with Crippen LogP contribution in [-0.4, -0.2) is 52.9 Å². The van der Waals surface area contributed by atoms with Gasteiger partial charge in [-0.1, -0.05) is 13.3 Å². The van der Waals surface area contributed by atoms with E-state index in [1.165, 1.54) is 4.90 Å². The fourth-order valence-electron chi connectivity index (χ4n) is 1.45. The lowest BCUT2D eigenvalue weighted by molar-refractivity contribution is -0.139. The van der Waals surface area contributed by atoms with Crippen LogP contribution in [0.4, 0.5) is 4.79 Å². The number of amides is 2. The fraction of sp³-hybridized carbons (Fsp3) is 0.818. The number of hydrogen-bond acceptors (Lipinski definition) is 3. The Labute approximate surface area is 102 Å². The van der Waals surface area contributed by atoms with Crippen molar-refractivity contribution in [3.63, 3.8) is 0 Å². The number of aliphatic hydroxyl groups excluding tert-OH is 1. The highest BCUT2D eigenvalue weighted by Crippen LogP contribution is 2.00. The molecular formula is C11H22N2O4. The number of urea groups is 1. The average Bonchev–Trinajstić information content (AvgIpc) is 2.29. The Bertz CT molecular complexity index is 246. The number of carbonyl (C=O) groups excluding carboxylic acids is 1. The van der Waals surface area contributed by atoms with Gasteiger partial charge in [0.1, 0.15) is 6.04 Å². The zero-order valence-corrected chi connectivity index (χ0v) is 10.5. The van der Waals surface area contributed by atoms with Crippen LogP contribution in [0, 0.1) is 0 Å². The van der Waals surface area contributed by atoms with Crippen LogP contribution in [-0.2, 0) is 4.79 Å². The van der Waals surface area contributed by atoms with Crippen LogP contribution in [0.1, 0.15) is 33.1 Å². The first-order valence-electron chi connectivity index (χ1n) is 5.95. The topological polar surface area (TPSA) is 89.9 Å². The molecule has 6 nitrogen and oxygen atoms in total. The largest absolute Gasteiger partial charge is 0.480 e. The molecule has 0 unspecified atom stereocenters. The second-order valence-electron chi connectivity index (χ2n) is 3.79. The van der Waals surface area contributed by atoms with Gasteiger partial charge in [-0.3, -0.25) is 0 Å². The van der Waals surface area contributed by atoms with Crippen LogP contribution in [0.25, 0.3) is 0 Å². The van der Waals surface area contributed by atoms with Crippen LogP contribution in [0.3, 0.4) is 0 Å². The molecule has 0 spiro atoms. The highest BCUT2D eigenvalue weighted by atomic mass is 16.4. The van der Waals surface area contributed by atoms with E-state index in [0.717, 1.165) is 0 Å². The lowest BCUT2D eigenvalue weighted by Crippen LogP contribution is -2.48. The van der Waals surface area contributed by atoms with Crippen molar-refractivity contribution < 1.29 is 19.8 Å². The maximum Gasteiger partial charge on any atom is 0.326 e. The zero-order chi connectivity index (χ0) is 13.3. The van der Waals surface area contributed by atoms with Crippen molar-refractivity contribution in [1.82, 2.24) is 10.2 Å². The number of hydrogen-bond donors (Lipinski definition) is 3. The summed E-state index contributed by atoms with van der Waals surface area (Å²) in [7, 11) is 0. The molecular weight excluding hydrogens is 224 g/mol. The molecule has 0 radical (unpaired) electrons. The summed E-state index contributed by atoms with van der Waals surface area (Å²) in [5, 5.41) is 20.1. The Balaban J connectivity index is 4.30. The van der Waals surface area contributed by atoms with Crippen molar-refractivity contribution in [2.75, 3.05) is 19.7 Å². The van der Waals surface area contributed by atoms with E-state index in [-0.39, 0.29) is 12.6 Å². The summed E-state index contributed by atoms with van der Waals surface area (Å²) in [5.41, 5.74) is 0. The van der Waals surface area contributed by atoms with Crippen LogP contribution >= 0.6 is 0 Å². The Kier molecular flexibility index (Phi) is 8.13. The molecule has 0 aliphatic rings. The predicted octanol–water partition coefficient (Wildman–Crippen LogP) is 0.654. The monoisotopic (exact) mass is 246 g/mol. The Morgan fingerprint density at radius 2 is 2.00 bits per heavy atom. The summed E-state index contributed by atoms with van der Waals surface area (Å²) < 4.78 is 0. The molecule has 0 fully saturated rings. The van der Waals surface area contributed by atoms with E-state index in [1.807, 2.05) is 13.8 Å². The van der Waals surface area contributed by atoms with E-state index in [9.17, 15) is 9.59 Å². The minimum atomic E-state index is -1.02. The molecule has 1 atom stereocenters. The number of aliphatic carboxylic acids is 1. The minimum Gasteiger partial charge on any atom is -0.480 e. The number of carbonyl (C=O) groups is 2. The van der Waals surface area contributed by atoms with Gasteiger partial charge in [0, 0.05) is 19.7 Å². The van der Waals surface area contributed by atoms with Crippen LogP contribution < -0.4 is 5.32 Å². The number of rotatable bonds is 8. The van der Waals surface area contributed by atoms with E-state index in [4.69, 9.17) is 10.2 Å². The van der Waals surface area contributed by atoms with E-state index in [2.05, 4.69) is 5.32 Å². The predicted molar refractivity (Wildman–Crippen MR) is 63.8 cm³/mol. The molecule has 0 heterocycles. The van der Waals surface area contributed by atoms with Gasteiger partial charge in [0.15, 0.2) is 0 Å². The van der Waals surface area contributed by atoms with Crippen molar-refractivity contribution in [3.8, 4) is 0 Å². The van der Waals surface area contributed by atoms with Crippen molar-refractivity contribution in [2.24, 2.45) is 0 Å². The highest BCUT2D eigenvalue weighted by molar-refractivity contribution is 5.82. The standard InChI is InChI=1S/C11H22N2O4/c1-3-6-9(10(15)16)12-11(17)13(4-2)7-5-8-14/h9,14H,3-8H2,1-2H3,(H,12,17)(H,15,16)/t9-/m1/s1. The van der Waals surface area contributed by atoms with E-state index >= 15 is 0 Å². The quantitative estimate of drug-likeness (QED) is 0.586. The number of nitrogens with zero attached hydrogens (tertiary/aromatic N) is 1. The van der Waals surface area contributed by atoms with Crippen molar-refractivity contribution >= 4 is 12.0 Å². The molecule has 2 amide bonds. The third kappa shape index (κ3) is 6.11. The van der Waals surface area contributed by atoms with Gasteiger partial charge >= 0.3 is 12.0 Å². The SMILES string of the molecule is CCC[C@@H](NC(=O)N(CC)CCCO)C(=O)O. The Morgan fingerprint density at radius 3 is 2.41 bits per heavy atom. The molecule has 0 saturated carbocycles. The van der Waals surface area contributed by atoms with Gasteiger partial charge in [-0.2, -0.15) is 0 Å². The Morgan fingerprint density at radius 1 is 1.35 bits per heavy atom. The summed E-state index contributed by atoms with van der Waals surface area (Å²) in [6.07, 6.45) is 1.60. The van der Waals surface area contributed by atoms with E-state index < -0.39 is 12.0 Å². The first-order chi connectivity index (χ1) is 8.06. The third-order valence-corrected chi connectivity index (χ3v) is 2.43. The fourth-order valence-corrected chi connectivity index (χ4v) is 1.45. The van der Waals surface area contributed by atoms with Crippen molar-refractivity contribution in [2.45, 2.75) is 39.2 Å². The number of aliphatic hydroxyl groups is 1. The Hall–Kier alpha value is -1.30. The lowest BCUT2D eigenvalue weighted by atomic mass is 10.2. The van der Waals surface area contributed by atoms with Crippen LogP contribution in [0.15, 0.2) is 0 Å². The maximum absolute atomic E-state index is 11.7. The smallest absolute Gasteiger partial charge is 0.326 e. The summed E-state index contributed by atoms with van der Waals surface area (Å²) in [4.78, 5) is 24.1. The normalized spacial score (nSPS) is 11.9. The second kappa shape index (κ2) is 8.81. The average molecular weight is 246 g/mol. The van der Waals surface area contributed by atoms with Crippen LogP contribution in [0.5, 0.6) is 0 Å². The molecule has 3 N–H and O–H groups in total. The summed E-state index contributed by atoms with van der Waals surface area (Å²) >= 11 is 0. The molecule has 0 aromatic rings. The van der Waals surface area contributed by atoms with Gasteiger partial charge in [-0.05, 0) is 19.8 Å². The molecule has 0 aromatic heterocycles. The molecule has 0 aliphatic heterocycles. The lowest BCUT2D eigenvalue weighted by Gasteiger charge is -2.23. The summed E-state index contributed by atoms with van der Waals surface area (Å²) in [6.45, 7) is 4.61. The van der Waals surface area contributed by atoms with Crippen LogP contribution in [0.2, 0.25) is 0 Å². The van der Waals surface area contributed by atoms with Gasteiger partial charge in [0.2, 0.25) is 0 Å². The number of carboxylic acids is 1. The molecule has 0 aromatic carbocycles. The molecule has 17 heavy (non-hydrogen) atoms. The highest BCUT2D eigenvalue weighted by Gasteiger charge is 2.21. The molecule has 0 bridgehead atoms. The number of nitrogens with one attached hydrogen (secondary N) is 1. The minimum absolute atomic E-state index is 0.0150. The molecule has 0 aliphatic carbocycles. The molecule has 6 heteroatoms. The van der Waals surface area contributed by atoms with Gasteiger partial charge in [0.25, 0.3) is 0 Å². The molecule has 0 saturated heterocycles. The first-order valence-corrected chi connectivity index (χ1v) is 5.95. The third-order valence-electron chi connectivity index (χ3n) is 2.43.